The molecule has 0 saturated heterocycles. The lowest BCUT2D eigenvalue weighted by atomic mass is 10.3. The van der Waals surface area contributed by atoms with E-state index in [1.165, 1.54) is 18.7 Å². The monoisotopic (exact) mass is 399 g/mol. The van der Waals surface area contributed by atoms with Gasteiger partial charge in [0, 0.05) is 22.4 Å². The quantitative estimate of drug-likeness (QED) is 0.487. The average Bonchev–Trinajstić information content (AvgIpc) is 2.64. The number of amides is 1. The highest BCUT2D eigenvalue weighted by atomic mass is 79.9. The SMILES string of the molecule is Nc1c(NNC(=O)c2ccncc2)ncnc1Nc1ccccc1Br. The van der Waals surface area contributed by atoms with Gasteiger partial charge in [0.15, 0.2) is 11.6 Å². The van der Waals surface area contributed by atoms with E-state index in [2.05, 4.69) is 47.1 Å². The third kappa shape index (κ3) is 4.01. The van der Waals surface area contributed by atoms with Crippen molar-refractivity contribution in [2.75, 3.05) is 16.5 Å². The van der Waals surface area contributed by atoms with Gasteiger partial charge in [0.25, 0.3) is 5.91 Å². The van der Waals surface area contributed by atoms with Crippen LogP contribution in [-0.4, -0.2) is 20.9 Å². The molecule has 1 aromatic carbocycles. The maximum Gasteiger partial charge on any atom is 0.269 e. The van der Waals surface area contributed by atoms with Gasteiger partial charge in [0.2, 0.25) is 0 Å². The zero-order valence-electron chi connectivity index (χ0n) is 12.9. The fourth-order valence-corrected chi connectivity index (χ4v) is 2.36. The standard InChI is InChI=1S/C16H14BrN7O/c17-11-3-1-2-4-12(11)22-14-13(18)15(21-9-20-14)23-24-16(25)10-5-7-19-8-6-10/h1-9H,18H2,(H,24,25)(H2,20,21,22,23). The van der Waals surface area contributed by atoms with E-state index < -0.39 is 0 Å². The number of benzene rings is 1. The molecule has 0 unspecified atom stereocenters. The number of nitrogens with two attached hydrogens (primary N) is 1. The van der Waals surface area contributed by atoms with Crippen molar-refractivity contribution in [1.29, 1.82) is 0 Å². The molecule has 9 heteroatoms. The number of hydrogen-bond acceptors (Lipinski definition) is 7. The van der Waals surface area contributed by atoms with Crippen molar-refractivity contribution >= 4 is 44.8 Å². The van der Waals surface area contributed by atoms with Crippen LogP contribution in [-0.2, 0) is 0 Å². The Kier molecular flexibility index (Phi) is 5.05. The van der Waals surface area contributed by atoms with Crippen LogP contribution >= 0.6 is 15.9 Å². The summed E-state index contributed by atoms with van der Waals surface area (Å²) < 4.78 is 0.869. The number of nitrogens with one attached hydrogen (secondary N) is 3. The molecule has 3 aromatic rings. The molecule has 1 amide bonds. The van der Waals surface area contributed by atoms with Gasteiger partial charge in [-0.15, -0.1) is 0 Å². The van der Waals surface area contributed by atoms with Crippen molar-refractivity contribution in [3.63, 3.8) is 0 Å². The molecule has 0 bridgehead atoms. The average molecular weight is 400 g/mol. The van der Waals surface area contributed by atoms with Gasteiger partial charge in [-0.1, -0.05) is 12.1 Å². The Hall–Kier alpha value is -3.20. The number of pyridine rings is 1. The van der Waals surface area contributed by atoms with Crippen molar-refractivity contribution < 1.29 is 4.79 Å². The summed E-state index contributed by atoms with van der Waals surface area (Å²) >= 11 is 3.45. The number of hydrazine groups is 1. The second-order valence-corrected chi connectivity index (χ2v) is 5.76. The third-order valence-corrected chi connectivity index (χ3v) is 3.94. The second kappa shape index (κ2) is 7.58. The molecule has 0 atom stereocenters. The van der Waals surface area contributed by atoms with E-state index in [1.807, 2.05) is 24.3 Å². The molecule has 0 saturated carbocycles. The van der Waals surface area contributed by atoms with Crippen molar-refractivity contribution in [2.24, 2.45) is 0 Å². The minimum Gasteiger partial charge on any atom is -0.393 e. The van der Waals surface area contributed by atoms with Crippen LogP contribution in [0.2, 0.25) is 0 Å². The van der Waals surface area contributed by atoms with Crippen molar-refractivity contribution in [3.8, 4) is 0 Å². The fraction of sp³-hybridized carbons (Fsp3) is 0. The first-order valence-electron chi connectivity index (χ1n) is 7.23. The van der Waals surface area contributed by atoms with E-state index >= 15 is 0 Å². The maximum atomic E-state index is 12.0. The van der Waals surface area contributed by atoms with E-state index in [4.69, 9.17) is 5.73 Å². The van der Waals surface area contributed by atoms with Crippen molar-refractivity contribution in [1.82, 2.24) is 20.4 Å². The molecule has 0 spiro atoms. The summed E-state index contributed by atoms with van der Waals surface area (Å²) in [7, 11) is 0. The van der Waals surface area contributed by atoms with Crippen molar-refractivity contribution in [2.45, 2.75) is 0 Å². The molecule has 0 aliphatic rings. The van der Waals surface area contributed by atoms with Crippen LogP contribution in [0.4, 0.5) is 23.0 Å². The van der Waals surface area contributed by atoms with Crippen LogP contribution < -0.4 is 21.9 Å². The highest BCUT2D eigenvalue weighted by molar-refractivity contribution is 9.10. The van der Waals surface area contributed by atoms with Crippen LogP contribution in [0.15, 0.2) is 59.6 Å². The first-order valence-corrected chi connectivity index (χ1v) is 8.03. The number of nitrogen functional groups attached to an aromatic ring is 1. The molecule has 5 N–H and O–H groups in total. The molecule has 126 valence electrons. The van der Waals surface area contributed by atoms with E-state index in [9.17, 15) is 4.79 Å². The summed E-state index contributed by atoms with van der Waals surface area (Å²) in [6, 6.07) is 10.8. The van der Waals surface area contributed by atoms with E-state index in [-0.39, 0.29) is 17.4 Å². The summed E-state index contributed by atoms with van der Waals surface area (Å²) in [4.78, 5) is 24.1. The summed E-state index contributed by atoms with van der Waals surface area (Å²) in [6.07, 6.45) is 4.41. The summed E-state index contributed by atoms with van der Waals surface area (Å²) in [5.41, 5.74) is 12.9. The molecular weight excluding hydrogens is 386 g/mol. The lowest BCUT2D eigenvalue weighted by Crippen LogP contribution is -2.30. The van der Waals surface area contributed by atoms with Crippen LogP contribution in [0, 0.1) is 0 Å². The van der Waals surface area contributed by atoms with E-state index in [0.29, 0.717) is 11.4 Å². The maximum absolute atomic E-state index is 12.0. The van der Waals surface area contributed by atoms with E-state index in [1.54, 1.807) is 12.1 Å². The van der Waals surface area contributed by atoms with Crippen LogP contribution in [0.3, 0.4) is 0 Å². The number of carbonyl (C=O) groups is 1. The second-order valence-electron chi connectivity index (χ2n) is 4.90. The predicted octanol–water partition coefficient (Wildman–Crippen LogP) is 2.72. The molecule has 2 aromatic heterocycles. The number of rotatable bonds is 5. The Morgan fingerprint density at radius 2 is 1.76 bits per heavy atom. The minimum atomic E-state index is -0.333. The molecule has 25 heavy (non-hydrogen) atoms. The highest BCUT2D eigenvalue weighted by Gasteiger charge is 2.11. The summed E-state index contributed by atoms with van der Waals surface area (Å²) in [6.45, 7) is 0. The first kappa shape index (κ1) is 16.7. The lowest BCUT2D eigenvalue weighted by Gasteiger charge is -2.13. The summed E-state index contributed by atoms with van der Waals surface area (Å²) in [5.74, 6) is 0.371. The van der Waals surface area contributed by atoms with Gasteiger partial charge < -0.3 is 11.1 Å². The van der Waals surface area contributed by atoms with Crippen LogP contribution in [0.1, 0.15) is 10.4 Å². The predicted molar refractivity (Wildman–Crippen MR) is 99.2 cm³/mol. The number of para-hydroxylation sites is 1. The van der Waals surface area contributed by atoms with Crippen LogP contribution in [0.5, 0.6) is 0 Å². The molecule has 0 fully saturated rings. The van der Waals surface area contributed by atoms with Gasteiger partial charge in [-0.2, -0.15) is 0 Å². The van der Waals surface area contributed by atoms with Gasteiger partial charge in [-0.05, 0) is 40.2 Å². The molecular formula is C16H14BrN7O. The fourth-order valence-electron chi connectivity index (χ4n) is 1.98. The number of carbonyl (C=O) groups excluding carboxylic acids is 1. The smallest absolute Gasteiger partial charge is 0.269 e. The van der Waals surface area contributed by atoms with Crippen molar-refractivity contribution in [3.05, 3.63) is 65.2 Å². The molecule has 0 aliphatic heterocycles. The Morgan fingerprint density at radius 1 is 1.04 bits per heavy atom. The molecule has 3 rings (SSSR count). The van der Waals surface area contributed by atoms with Gasteiger partial charge in [-0.25, -0.2) is 9.97 Å². The van der Waals surface area contributed by atoms with Gasteiger partial charge >= 0.3 is 0 Å². The van der Waals surface area contributed by atoms with Gasteiger partial charge in [-0.3, -0.25) is 20.6 Å². The molecule has 2 heterocycles. The number of anilines is 4. The molecule has 0 aliphatic carbocycles. The summed E-state index contributed by atoms with van der Waals surface area (Å²) in [5, 5.41) is 3.12. The Bertz CT molecular complexity index is 889. The minimum absolute atomic E-state index is 0.272. The molecule has 0 radical (unpaired) electrons. The highest BCUT2D eigenvalue weighted by Crippen LogP contribution is 2.29. The first-order chi connectivity index (χ1) is 12.1. The molecule has 8 nitrogen and oxygen atoms in total. The Labute approximate surface area is 152 Å². The van der Waals surface area contributed by atoms with E-state index in [0.717, 1.165) is 10.2 Å². The largest absolute Gasteiger partial charge is 0.393 e. The Balaban J connectivity index is 1.73. The lowest BCUT2D eigenvalue weighted by molar-refractivity contribution is 0.0962. The zero-order valence-corrected chi connectivity index (χ0v) is 14.5. The normalized spacial score (nSPS) is 10.1. The zero-order chi connectivity index (χ0) is 17.6. The van der Waals surface area contributed by atoms with Gasteiger partial charge in [0.05, 0.1) is 5.69 Å². The number of halogens is 1. The number of nitrogens with zero attached hydrogens (tertiary/aromatic N) is 3. The third-order valence-electron chi connectivity index (χ3n) is 3.25. The Morgan fingerprint density at radius 3 is 2.52 bits per heavy atom. The number of hydrogen-bond donors (Lipinski definition) is 4. The van der Waals surface area contributed by atoms with Crippen LogP contribution in [0.25, 0.3) is 0 Å². The number of aromatic nitrogens is 3. The topological polar surface area (TPSA) is 118 Å². The van der Waals surface area contributed by atoms with Gasteiger partial charge in [0.1, 0.15) is 12.0 Å².